The van der Waals surface area contributed by atoms with E-state index in [0.717, 1.165) is 77.3 Å². The molecular weight excluding hydrogens is 410 g/mol. The molecule has 7 heteroatoms. The number of carbonyl (C=O) groups excluding carboxylic acids is 1. The third kappa shape index (κ3) is 23.3. The molecule has 0 aliphatic carbocycles. The highest BCUT2D eigenvalue weighted by atomic mass is 16.7. The fourth-order valence-electron chi connectivity index (χ4n) is 3.64. The standard InChI is InChI=1S/C25H49NO6/c1-2-3-4-5-6-10-15-22-31-25(30)32-23-16-11-9-14-19-26(20-21-27)18-13-8-7-12-17-24(28)29/h27H,2-23H2,1H3,(H,28,29). The number of aliphatic hydroxyl groups excluding tert-OH is 1. The number of aliphatic hydroxyl groups is 1. The molecule has 0 aromatic heterocycles. The summed E-state index contributed by atoms with van der Waals surface area (Å²) in [5.74, 6) is -0.724. The maximum atomic E-state index is 11.6. The van der Waals surface area contributed by atoms with E-state index in [1.165, 1.54) is 32.1 Å². The molecular formula is C25H49NO6. The Morgan fingerprint density at radius 3 is 1.62 bits per heavy atom. The Bertz CT molecular complexity index is 433. The maximum absolute atomic E-state index is 11.6. The fraction of sp³-hybridized carbons (Fsp3) is 0.920. The average molecular weight is 460 g/mol. The molecule has 0 bridgehead atoms. The molecule has 0 aliphatic rings. The first kappa shape index (κ1) is 30.7. The number of hydrogen-bond donors (Lipinski definition) is 2. The van der Waals surface area contributed by atoms with Crippen molar-refractivity contribution in [1.82, 2.24) is 4.90 Å². The molecule has 7 nitrogen and oxygen atoms in total. The first-order valence-electron chi connectivity index (χ1n) is 12.9. The number of nitrogens with zero attached hydrogens (tertiary/aromatic N) is 1. The number of rotatable bonds is 24. The molecule has 32 heavy (non-hydrogen) atoms. The molecule has 0 unspecified atom stereocenters. The highest BCUT2D eigenvalue weighted by Gasteiger charge is 2.06. The van der Waals surface area contributed by atoms with Crippen molar-refractivity contribution in [3.8, 4) is 0 Å². The van der Waals surface area contributed by atoms with Crippen LogP contribution in [0.15, 0.2) is 0 Å². The molecule has 0 saturated heterocycles. The van der Waals surface area contributed by atoms with Gasteiger partial charge in [-0.25, -0.2) is 4.79 Å². The minimum atomic E-state index is -0.724. The summed E-state index contributed by atoms with van der Waals surface area (Å²) in [6.07, 6.45) is 15.8. The lowest BCUT2D eigenvalue weighted by atomic mass is 10.1. The third-order valence-electron chi connectivity index (χ3n) is 5.59. The van der Waals surface area contributed by atoms with Crippen LogP contribution in [0.5, 0.6) is 0 Å². The SMILES string of the molecule is CCCCCCCCCOC(=O)OCCCCCCN(CCO)CCCCCCC(=O)O. The van der Waals surface area contributed by atoms with Crippen molar-refractivity contribution in [2.24, 2.45) is 0 Å². The van der Waals surface area contributed by atoms with E-state index >= 15 is 0 Å². The Balaban J connectivity index is 3.50. The number of unbranched alkanes of at least 4 members (excludes halogenated alkanes) is 12. The summed E-state index contributed by atoms with van der Waals surface area (Å²) in [4.78, 5) is 24.3. The first-order valence-corrected chi connectivity index (χ1v) is 12.9. The van der Waals surface area contributed by atoms with E-state index in [-0.39, 0.29) is 13.0 Å². The van der Waals surface area contributed by atoms with Crippen molar-refractivity contribution in [3.05, 3.63) is 0 Å². The van der Waals surface area contributed by atoms with Crippen LogP contribution >= 0.6 is 0 Å². The number of aliphatic carboxylic acids is 1. The predicted octanol–water partition coefficient (Wildman–Crippen LogP) is 5.78. The Morgan fingerprint density at radius 2 is 1.12 bits per heavy atom. The van der Waals surface area contributed by atoms with Gasteiger partial charge in [0, 0.05) is 13.0 Å². The monoisotopic (exact) mass is 459 g/mol. The van der Waals surface area contributed by atoms with Gasteiger partial charge < -0.3 is 24.6 Å². The van der Waals surface area contributed by atoms with E-state index in [1.807, 2.05) is 0 Å². The molecule has 2 N–H and O–H groups in total. The lowest BCUT2D eigenvalue weighted by molar-refractivity contribution is -0.137. The summed E-state index contributed by atoms with van der Waals surface area (Å²) < 4.78 is 10.2. The van der Waals surface area contributed by atoms with Crippen LogP contribution in [0.1, 0.15) is 110 Å². The minimum absolute atomic E-state index is 0.161. The topological polar surface area (TPSA) is 96.3 Å². The van der Waals surface area contributed by atoms with Gasteiger partial charge in [0.25, 0.3) is 0 Å². The molecule has 0 aromatic rings. The molecule has 0 aromatic carbocycles. The van der Waals surface area contributed by atoms with Crippen LogP contribution in [0.4, 0.5) is 4.79 Å². The quantitative estimate of drug-likeness (QED) is 0.139. The molecule has 0 fully saturated rings. The normalized spacial score (nSPS) is 11.1. The van der Waals surface area contributed by atoms with Crippen LogP contribution in [0.25, 0.3) is 0 Å². The van der Waals surface area contributed by atoms with Gasteiger partial charge in [0.2, 0.25) is 0 Å². The Morgan fingerprint density at radius 1 is 0.656 bits per heavy atom. The summed E-state index contributed by atoms with van der Waals surface area (Å²) in [6.45, 7) is 5.82. The van der Waals surface area contributed by atoms with Crippen LogP contribution in [-0.4, -0.2) is 66.7 Å². The van der Waals surface area contributed by atoms with E-state index in [0.29, 0.717) is 19.8 Å². The Kier molecular flexibility index (Phi) is 23.3. The predicted molar refractivity (Wildman–Crippen MR) is 128 cm³/mol. The van der Waals surface area contributed by atoms with Crippen molar-refractivity contribution in [2.75, 3.05) is 39.5 Å². The van der Waals surface area contributed by atoms with Gasteiger partial charge >= 0.3 is 12.1 Å². The molecule has 0 heterocycles. The number of hydrogen-bond acceptors (Lipinski definition) is 6. The zero-order valence-electron chi connectivity index (χ0n) is 20.5. The van der Waals surface area contributed by atoms with Crippen molar-refractivity contribution < 1.29 is 29.3 Å². The van der Waals surface area contributed by atoms with E-state index in [1.54, 1.807) is 0 Å². The Labute approximate surface area is 195 Å². The number of carbonyl (C=O) groups is 2. The zero-order valence-corrected chi connectivity index (χ0v) is 20.5. The minimum Gasteiger partial charge on any atom is -0.481 e. The second-order valence-electron chi connectivity index (χ2n) is 8.61. The van der Waals surface area contributed by atoms with Crippen LogP contribution in [-0.2, 0) is 14.3 Å². The number of carboxylic acid groups (broad SMARTS) is 1. The first-order chi connectivity index (χ1) is 15.6. The second kappa shape index (κ2) is 24.3. The highest BCUT2D eigenvalue weighted by Crippen LogP contribution is 2.08. The summed E-state index contributed by atoms with van der Waals surface area (Å²) >= 11 is 0. The molecule has 0 aliphatic heterocycles. The van der Waals surface area contributed by atoms with E-state index in [2.05, 4.69) is 11.8 Å². The zero-order chi connectivity index (χ0) is 23.7. The van der Waals surface area contributed by atoms with Gasteiger partial charge in [0.05, 0.1) is 19.8 Å². The molecule has 0 radical (unpaired) electrons. The van der Waals surface area contributed by atoms with Crippen LogP contribution in [0.3, 0.4) is 0 Å². The van der Waals surface area contributed by atoms with Gasteiger partial charge in [-0.2, -0.15) is 0 Å². The van der Waals surface area contributed by atoms with Gasteiger partial charge in [-0.15, -0.1) is 0 Å². The van der Waals surface area contributed by atoms with Gasteiger partial charge in [-0.1, -0.05) is 71.1 Å². The summed E-state index contributed by atoms with van der Waals surface area (Å²) in [6, 6.07) is 0. The van der Waals surface area contributed by atoms with Crippen molar-refractivity contribution in [3.63, 3.8) is 0 Å². The van der Waals surface area contributed by atoms with Crippen LogP contribution < -0.4 is 0 Å². The second-order valence-corrected chi connectivity index (χ2v) is 8.61. The van der Waals surface area contributed by atoms with Crippen LogP contribution in [0, 0.1) is 0 Å². The highest BCUT2D eigenvalue weighted by molar-refractivity contribution is 5.66. The molecule has 0 atom stereocenters. The van der Waals surface area contributed by atoms with E-state index in [4.69, 9.17) is 14.6 Å². The smallest absolute Gasteiger partial charge is 0.481 e. The summed E-state index contributed by atoms with van der Waals surface area (Å²) in [5, 5.41) is 17.9. The lowest BCUT2D eigenvalue weighted by Gasteiger charge is -2.21. The maximum Gasteiger partial charge on any atom is 0.508 e. The molecule has 0 spiro atoms. The molecule has 0 saturated carbocycles. The largest absolute Gasteiger partial charge is 0.508 e. The number of ether oxygens (including phenoxy) is 2. The van der Waals surface area contributed by atoms with Gasteiger partial charge in [0.1, 0.15) is 0 Å². The van der Waals surface area contributed by atoms with Gasteiger partial charge in [0.15, 0.2) is 0 Å². The van der Waals surface area contributed by atoms with Crippen molar-refractivity contribution in [1.29, 1.82) is 0 Å². The summed E-state index contributed by atoms with van der Waals surface area (Å²) in [7, 11) is 0. The third-order valence-corrected chi connectivity index (χ3v) is 5.59. The molecule has 0 amide bonds. The molecule has 190 valence electrons. The fourth-order valence-corrected chi connectivity index (χ4v) is 3.64. The lowest BCUT2D eigenvalue weighted by Crippen LogP contribution is -2.29. The summed E-state index contributed by atoms with van der Waals surface area (Å²) in [5.41, 5.74) is 0. The van der Waals surface area contributed by atoms with Crippen LogP contribution in [0.2, 0.25) is 0 Å². The van der Waals surface area contributed by atoms with Crippen molar-refractivity contribution in [2.45, 2.75) is 110 Å². The van der Waals surface area contributed by atoms with E-state index in [9.17, 15) is 14.7 Å². The average Bonchev–Trinajstić information content (AvgIpc) is 2.76. The number of carboxylic acids is 1. The van der Waals surface area contributed by atoms with Crippen molar-refractivity contribution >= 4 is 12.1 Å². The molecule has 0 rings (SSSR count). The van der Waals surface area contributed by atoms with E-state index < -0.39 is 12.1 Å². The van der Waals surface area contributed by atoms with Gasteiger partial charge in [-0.3, -0.25) is 4.79 Å². The Hall–Kier alpha value is -1.34. The van der Waals surface area contributed by atoms with Gasteiger partial charge in [-0.05, 0) is 45.2 Å².